The molecule has 10 aromatic rings. The third-order valence-electron chi connectivity index (χ3n) is 11.2. The second kappa shape index (κ2) is 8.25. The first-order valence-electron chi connectivity index (χ1n) is 16.5. The lowest BCUT2D eigenvalue weighted by atomic mass is 9.85. The van der Waals surface area contributed by atoms with Gasteiger partial charge in [0.1, 0.15) is 0 Å². The Bertz CT molecular complexity index is 3480. The van der Waals surface area contributed by atoms with E-state index in [4.69, 9.17) is 0 Å². The maximum absolute atomic E-state index is 2.44. The van der Waals surface area contributed by atoms with Crippen molar-refractivity contribution >= 4 is 76.0 Å². The number of benzene rings is 9. The van der Waals surface area contributed by atoms with E-state index in [1.807, 2.05) is 11.3 Å². The van der Waals surface area contributed by atoms with Gasteiger partial charge in [0.05, 0.1) is 0 Å². The first-order valence-corrected chi connectivity index (χ1v) is 17.3. The Labute approximate surface area is 272 Å². The van der Waals surface area contributed by atoms with Gasteiger partial charge in [-0.15, -0.1) is 11.3 Å². The molecule has 0 bridgehead atoms. The summed E-state index contributed by atoms with van der Waals surface area (Å²) < 4.78 is 1.40. The van der Waals surface area contributed by atoms with E-state index < -0.39 is 0 Å². The fourth-order valence-corrected chi connectivity index (χ4v) is 10.6. The molecule has 0 radical (unpaired) electrons. The summed E-state index contributed by atoms with van der Waals surface area (Å²) in [6, 6.07) is 46.4. The number of rotatable bonds is 1. The smallest absolute Gasteiger partial charge is 0.0434 e. The minimum atomic E-state index is 1.29. The van der Waals surface area contributed by atoms with Gasteiger partial charge in [-0.25, -0.2) is 0 Å². The Kier molecular flexibility index (Phi) is 4.34. The average molecular weight is 611 g/mol. The van der Waals surface area contributed by atoms with Gasteiger partial charge in [0, 0.05) is 19.8 Å². The largest absolute Gasteiger partial charge is 0.135 e. The van der Waals surface area contributed by atoms with E-state index in [2.05, 4.69) is 135 Å². The molecule has 0 nitrogen and oxygen atoms in total. The number of thiophene rings is 1. The maximum Gasteiger partial charge on any atom is 0.0434 e. The van der Waals surface area contributed by atoms with E-state index in [0.29, 0.717) is 0 Å². The minimum Gasteiger partial charge on any atom is -0.135 e. The van der Waals surface area contributed by atoms with Gasteiger partial charge in [-0.05, 0) is 122 Å². The zero-order valence-corrected chi connectivity index (χ0v) is 26.8. The van der Waals surface area contributed by atoms with Crippen molar-refractivity contribution < 1.29 is 0 Å². The lowest BCUT2D eigenvalue weighted by molar-refractivity contribution is 1.39. The van der Waals surface area contributed by atoms with E-state index in [-0.39, 0.29) is 0 Å². The van der Waals surface area contributed by atoms with Crippen LogP contribution in [0.15, 0.2) is 121 Å². The van der Waals surface area contributed by atoms with Crippen LogP contribution in [0.25, 0.3) is 75.1 Å². The SMILES string of the molecule is Cc1ccc2c3c(c(C)cc2c1)=c1ccc2c4ccc5c6c(ccc(c64)c4c6ccccc6c=3c1c24)=c1sc(-c2ccccc2)cc1=5. The van der Waals surface area contributed by atoms with Crippen molar-refractivity contribution in [2.24, 2.45) is 0 Å². The second-order valence-corrected chi connectivity index (χ2v) is 14.7. The highest BCUT2D eigenvalue weighted by Gasteiger charge is 2.23. The van der Waals surface area contributed by atoms with Crippen molar-refractivity contribution in [2.75, 3.05) is 0 Å². The molecule has 0 unspecified atom stereocenters. The first-order chi connectivity index (χ1) is 23.2. The lowest BCUT2D eigenvalue weighted by Gasteiger charge is -2.17. The summed E-state index contributed by atoms with van der Waals surface area (Å²) >= 11 is 1.93. The average Bonchev–Trinajstić information content (AvgIpc) is 3.78. The zero-order chi connectivity index (χ0) is 30.7. The molecule has 47 heavy (non-hydrogen) atoms. The van der Waals surface area contributed by atoms with Crippen LogP contribution in [0.1, 0.15) is 11.1 Å². The number of hydrogen-bond donors (Lipinski definition) is 0. The fraction of sp³-hybridized carbons (Fsp3) is 0.0435. The van der Waals surface area contributed by atoms with Crippen LogP contribution in [-0.4, -0.2) is 0 Å². The Morgan fingerprint density at radius 2 is 1.09 bits per heavy atom. The fourth-order valence-electron chi connectivity index (χ4n) is 9.43. The van der Waals surface area contributed by atoms with Gasteiger partial charge in [0.15, 0.2) is 0 Å². The normalized spacial score (nSPS) is 12.9. The summed E-state index contributed by atoms with van der Waals surface area (Å²) in [5.74, 6) is 0. The Balaban J connectivity index is 1.36. The molecule has 0 atom stereocenters. The van der Waals surface area contributed by atoms with Crippen LogP contribution in [0.4, 0.5) is 0 Å². The molecule has 1 heteroatoms. The summed E-state index contributed by atoms with van der Waals surface area (Å²) in [7, 11) is 0. The van der Waals surface area contributed by atoms with Crippen molar-refractivity contribution in [2.45, 2.75) is 13.8 Å². The van der Waals surface area contributed by atoms with Crippen molar-refractivity contribution in [1.82, 2.24) is 0 Å². The lowest BCUT2D eigenvalue weighted by Crippen LogP contribution is -1.91. The Hall–Kier alpha value is -5.50. The van der Waals surface area contributed by atoms with Crippen LogP contribution < -0.4 is 0 Å². The van der Waals surface area contributed by atoms with Crippen LogP contribution in [-0.2, 0) is 0 Å². The highest BCUT2D eigenvalue weighted by Crippen LogP contribution is 2.47. The maximum atomic E-state index is 2.44. The number of hydrogen-bond acceptors (Lipinski definition) is 1. The molecule has 9 aromatic carbocycles. The molecule has 0 saturated carbocycles. The molecule has 12 rings (SSSR count). The third kappa shape index (κ3) is 2.84. The first kappa shape index (κ1) is 24.7. The third-order valence-corrected chi connectivity index (χ3v) is 12.4. The van der Waals surface area contributed by atoms with E-state index in [0.717, 1.165) is 0 Å². The van der Waals surface area contributed by atoms with Crippen LogP contribution in [0.5, 0.6) is 0 Å². The van der Waals surface area contributed by atoms with Crippen LogP contribution >= 0.6 is 11.3 Å². The van der Waals surface area contributed by atoms with Crippen molar-refractivity contribution in [3.8, 4) is 10.4 Å². The highest BCUT2D eigenvalue weighted by molar-refractivity contribution is 7.13. The molecule has 0 aliphatic heterocycles. The van der Waals surface area contributed by atoms with Gasteiger partial charge in [0.2, 0.25) is 0 Å². The van der Waals surface area contributed by atoms with E-state index in [1.165, 1.54) is 127 Å². The summed E-state index contributed by atoms with van der Waals surface area (Å²) in [5, 5.41) is 26.3. The van der Waals surface area contributed by atoms with Gasteiger partial charge in [-0.1, -0.05) is 121 Å². The molecule has 2 aliphatic rings. The van der Waals surface area contributed by atoms with Gasteiger partial charge >= 0.3 is 0 Å². The van der Waals surface area contributed by atoms with Gasteiger partial charge in [-0.3, -0.25) is 0 Å². The number of aryl methyl sites for hydroxylation is 2. The second-order valence-electron chi connectivity index (χ2n) is 13.7. The molecule has 1 aromatic heterocycles. The molecular weight excluding hydrogens is 585 g/mol. The predicted molar refractivity (Wildman–Crippen MR) is 199 cm³/mol. The van der Waals surface area contributed by atoms with E-state index in [9.17, 15) is 0 Å². The van der Waals surface area contributed by atoms with Crippen LogP contribution in [0.2, 0.25) is 0 Å². The highest BCUT2D eigenvalue weighted by atomic mass is 32.1. The molecule has 0 spiro atoms. The summed E-state index contributed by atoms with van der Waals surface area (Å²) in [4.78, 5) is 1.34. The summed E-state index contributed by atoms with van der Waals surface area (Å²) in [6.07, 6.45) is 0. The molecule has 0 saturated heterocycles. The van der Waals surface area contributed by atoms with Gasteiger partial charge in [0.25, 0.3) is 0 Å². The zero-order valence-electron chi connectivity index (χ0n) is 26.0. The summed E-state index contributed by atoms with van der Waals surface area (Å²) in [6.45, 7) is 4.50. The molecule has 0 amide bonds. The van der Waals surface area contributed by atoms with E-state index >= 15 is 0 Å². The standard InChI is InChI=1S/C46H26S/c1-23-12-13-27-26(20-23)21-24(2)38-33-17-16-31-30-14-15-32-36-22-37(25-8-4-3-5-9-25)47-46(36)35-19-18-34(39(30)41(32)35)40-28-10-6-7-11-29(28)44(42(27)38)45(33)43(31)40/h3-22H,1-2H3. The van der Waals surface area contributed by atoms with E-state index in [1.54, 1.807) is 0 Å². The molecule has 0 N–H and O–H groups in total. The Morgan fingerprint density at radius 3 is 1.96 bits per heavy atom. The predicted octanol–water partition coefficient (Wildman–Crippen LogP) is 12.2. The molecule has 0 fully saturated rings. The minimum absolute atomic E-state index is 1.29. The van der Waals surface area contributed by atoms with Crippen molar-refractivity contribution in [1.29, 1.82) is 0 Å². The Morgan fingerprint density at radius 1 is 0.404 bits per heavy atom. The number of fused-ring (bicyclic) bond motifs is 9. The topological polar surface area (TPSA) is 0 Å². The van der Waals surface area contributed by atoms with Crippen LogP contribution in [0, 0.1) is 54.9 Å². The van der Waals surface area contributed by atoms with Crippen molar-refractivity contribution in [3.05, 3.63) is 174 Å². The molecule has 216 valence electrons. The van der Waals surface area contributed by atoms with Crippen molar-refractivity contribution in [3.63, 3.8) is 0 Å². The monoisotopic (exact) mass is 610 g/mol. The molecule has 2 aliphatic carbocycles. The quantitative estimate of drug-likeness (QED) is 0.128. The summed E-state index contributed by atoms with van der Waals surface area (Å²) in [5.41, 5.74) is 3.96. The van der Waals surface area contributed by atoms with Gasteiger partial charge in [-0.2, -0.15) is 0 Å². The molecule has 1 heterocycles. The van der Waals surface area contributed by atoms with Gasteiger partial charge < -0.3 is 0 Å². The van der Waals surface area contributed by atoms with Crippen LogP contribution in [0.3, 0.4) is 0 Å². The molecular formula is C46H26S.